The Labute approximate surface area is 164 Å². The first-order valence-electron chi connectivity index (χ1n) is 8.39. The third-order valence-corrected chi connectivity index (χ3v) is 4.03. The summed E-state index contributed by atoms with van der Waals surface area (Å²) in [5.41, 5.74) is -0.566. The maximum atomic E-state index is 12.8. The SMILES string of the molecule is CC(=O)Oc1cc2ccccc2cc1C(=O)Nc1cc(C(=O)O)cc(C(=O)O)c1. The molecule has 0 fully saturated rings. The summed E-state index contributed by atoms with van der Waals surface area (Å²) in [6, 6.07) is 13.5. The summed E-state index contributed by atoms with van der Waals surface area (Å²) in [5, 5.41) is 22.3. The highest BCUT2D eigenvalue weighted by Gasteiger charge is 2.18. The fraction of sp³-hybridized carbons (Fsp3) is 0.0476. The molecule has 0 bridgehead atoms. The number of carboxylic acid groups (broad SMARTS) is 2. The van der Waals surface area contributed by atoms with Gasteiger partial charge in [-0.3, -0.25) is 9.59 Å². The Morgan fingerprint density at radius 1 is 0.828 bits per heavy atom. The van der Waals surface area contributed by atoms with Crippen molar-refractivity contribution in [3.63, 3.8) is 0 Å². The Kier molecular flexibility index (Phi) is 5.27. The zero-order chi connectivity index (χ0) is 21.1. The van der Waals surface area contributed by atoms with E-state index >= 15 is 0 Å². The average molecular weight is 393 g/mol. The van der Waals surface area contributed by atoms with Crippen LogP contribution in [0.3, 0.4) is 0 Å². The largest absolute Gasteiger partial charge is 0.478 e. The number of carbonyl (C=O) groups is 4. The van der Waals surface area contributed by atoms with Crippen molar-refractivity contribution in [3.05, 3.63) is 71.3 Å². The Morgan fingerprint density at radius 3 is 1.90 bits per heavy atom. The molecular formula is C21H15NO7. The quantitative estimate of drug-likeness (QED) is 0.447. The zero-order valence-corrected chi connectivity index (χ0v) is 15.1. The van der Waals surface area contributed by atoms with Crippen LogP contribution in [0.25, 0.3) is 10.8 Å². The second kappa shape index (κ2) is 7.81. The van der Waals surface area contributed by atoms with Crippen LogP contribution in [0.4, 0.5) is 5.69 Å². The second-order valence-corrected chi connectivity index (χ2v) is 6.15. The highest BCUT2D eigenvalue weighted by molar-refractivity contribution is 6.10. The smallest absolute Gasteiger partial charge is 0.335 e. The van der Waals surface area contributed by atoms with Gasteiger partial charge in [-0.15, -0.1) is 0 Å². The minimum atomic E-state index is -1.34. The normalized spacial score (nSPS) is 10.4. The van der Waals surface area contributed by atoms with E-state index in [0.717, 1.165) is 29.0 Å². The Hall–Kier alpha value is -4.20. The van der Waals surface area contributed by atoms with Crippen LogP contribution < -0.4 is 10.1 Å². The van der Waals surface area contributed by atoms with Gasteiger partial charge in [-0.25, -0.2) is 9.59 Å². The van der Waals surface area contributed by atoms with E-state index in [1.807, 2.05) is 0 Å². The van der Waals surface area contributed by atoms with Crippen LogP contribution in [0, 0.1) is 0 Å². The molecule has 0 saturated carbocycles. The van der Waals surface area contributed by atoms with Gasteiger partial charge in [0, 0.05) is 12.6 Å². The van der Waals surface area contributed by atoms with Gasteiger partial charge in [-0.2, -0.15) is 0 Å². The lowest BCUT2D eigenvalue weighted by atomic mass is 10.0. The van der Waals surface area contributed by atoms with E-state index in [0.29, 0.717) is 0 Å². The van der Waals surface area contributed by atoms with Crippen molar-refractivity contribution >= 4 is 40.3 Å². The number of nitrogens with one attached hydrogen (secondary N) is 1. The molecule has 0 aliphatic heterocycles. The molecule has 1 amide bonds. The molecule has 0 unspecified atom stereocenters. The highest BCUT2D eigenvalue weighted by Crippen LogP contribution is 2.27. The van der Waals surface area contributed by atoms with Crippen LogP contribution in [0.5, 0.6) is 5.75 Å². The van der Waals surface area contributed by atoms with Gasteiger partial charge in [0.1, 0.15) is 5.75 Å². The van der Waals surface area contributed by atoms with E-state index in [1.54, 1.807) is 30.3 Å². The third kappa shape index (κ3) is 4.38. The first-order valence-corrected chi connectivity index (χ1v) is 8.39. The number of esters is 1. The molecular weight excluding hydrogens is 378 g/mol. The summed E-state index contributed by atoms with van der Waals surface area (Å²) in [7, 11) is 0. The fourth-order valence-corrected chi connectivity index (χ4v) is 2.78. The van der Waals surface area contributed by atoms with Crippen molar-refractivity contribution < 1.29 is 34.1 Å². The van der Waals surface area contributed by atoms with Crippen LogP contribution >= 0.6 is 0 Å². The number of ether oxygens (including phenoxy) is 1. The topological polar surface area (TPSA) is 130 Å². The molecule has 3 aromatic rings. The minimum absolute atomic E-state index is 0.0192. The van der Waals surface area contributed by atoms with Gasteiger partial charge in [0.05, 0.1) is 16.7 Å². The number of aromatic carboxylic acids is 2. The fourth-order valence-electron chi connectivity index (χ4n) is 2.78. The summed E-state index contributed by atoms with van der Waals surface area (Å²) < 4.78 is 5.15. The number of hydrogen-bond donors (Lipinski definition) is 3. The van der Waals surface area contributed by atoms with Gasteiger partial charge in [-0.05, 0) is 41.1 Å². The van der Waals surface area contributed by atoms with E-state index in [9.17, 15) is 19.2 Å². The van der Waals surface area contributed by atoms with E-state index in [4.69, 9.17) is 14.9 Å². The van der Waals surface area contributed by atoms with Crippen LogP contribution in [-0.4, -0.2) is 34.0 Å². The Bertz CT molecular complexity index is 1130. The first-order chi connectivity index (χ1) is 13.7. The van der Waals surface area contributed by atoms with Crippen LogP contribution in [0.1, 0.15) is 38.0 Å². The van der Waals surface area contributed by atoms with Crippen molar-refractivity contribution in [3.8, 4) is 5.75 Å². The Balaban J connectivity index is 2.04. The monoisotopic (exact) mass is 393 g/mol. The number of carboxylic acids is 2. The van der Waals surface area contributed by atoms with Crippen molar-refractivity contribution in [1.29, 1.82) is 0 Å². The molecule has 29 heavy (non-hydrogen) atoms. The van der Waals surface area contributed by atoms with Gasteiger partial charge in [0.25, 0.3) is 5.91 Å². The molecule has 3 rings (SSSR count). The van der Waals surface area contributed by atoms with Crippen LogP contribution in [0.2, 0.25) is 0 Å². The number of carbonyl (C=O) groups excluding carboxylic acids is 2. The Morgan fingerprint density at radius 2 is 1.38 bits per heavy atom. The second-order valence-electron chi connectivity index (χ2n) is 6.15. The van der Waals surface area contributed by atoms with Gasteiger partial charge >= 0.3 is 17.9 Å². The van der Waals surface area contributed by atoms with E-state index < -0.39 is 23.8 Å². The van der Waals surface area contributed by atoms with Gasteiger partial charge in [-0.1, -0.05) is 24.3 Å². The number of rotatable bonds is 5. The summed E-state index contributed by atoms with van der Waals surface area (Å²) >= 11 is 0. The molecule has 0 aliphatic carbocycles. The molecule has 0 atom stereocenters. The van der Waals surface area contributed by atoms with Crippen molar-refractivity contribution in [2.45, 2.75) is 6.92 Å². The maximum absolute atomic E-state index is 12.8. The molecule has 8 nitrogen and oxygen atoms in total. The molecule has 146 valence electrons. The third-order valence-electron chi connectivity index (χ3n) is 4.03. The van der Waals surface area contributed by atoms with Crippen LogP contribution in [-0.2, 0) is 4.79 Å². The summed E-state index contributed by atoms with van der Waals surface area (Å²) in [5.74, 6) is -3.95. The van der Waals surface area contributed by atoms with E-state index in [-0.39, 0.29) is 28.1 Å². The number of hydrogen-bond acceptors (Lipinski definition) is 5. The van der Waals surface area contributed by atoms with Gasteiger partial charge < -0.3 is 20.3 Å². The molecule has 0 aliphatic rings. The predicted octanol–water partition coefficient (Wildman–Crippen LogP) is 3.41. The van der Waals surface area contributed by atoms with Crippen molar-refractivity contribution in [2.24, 2.45) is 0 Å². The van der Waals surface area contributed by atoms with Crippen molar-refractivity contribution in [1.82, 2.24) is 0 Å². The summed E-state index contributed by atoms with van der Waals surface area (Å²) in [6.07, 6.45) is 0. The lowest BCUT2D eigenvalue weighted by Crippen LogP contribution is -2.16. The number of benzene rings is 3. The first kappa shape index (κ1) is 19.6. The summed E-state index contributed by atoms with van der Waals surface area (Å²) in [4.78, 5) is 46.7. The standard InChI is InChI=1S/C21H15NO7/c1-11(23)29-18-10-13-5-3-2-4-12(13)9-17(18)19(24)22-16-7-14(20(25)26)6-15(8-16)21(27)28/h2-10H,1H3,(H,22,24)(H,25,26)(H,27,28). The molecule has 3 aromatic carbocycles. The molecule has 0 aromatic heterocycles. The van der Waals surface area contributed by atoms with Gasteiger partial charge in [0.15, 0.2) is 0 Å². The molecule has 0 heterocycles. The molecule has 0 saturated heterocycles. The highest BCUT2D eigenvalue weighted by atomic mass is 16.5. The summed E-state index contributed by atoms with van der Waals surface area (Å²) in [6.45, 7) is 1.20. The van der Waals surface area contributed by atoms with E-state index in [1.165, 1.54) is 13.0 Å². The van der Waals surface area contributed by atoms with Crippen LogP contribution in [0.15, 0.2) is 54.6 Å². The average Bonchev–Trinajstić information content (AvgIpc) is 2.66. The minimum Gasteiger partial charge on any atom is -0.478 e. The molecule has 8 heteroatoms. The zero-order valence-electron chi connectivity index (χ0n) is 15.1. The number of fused-ring (bicyclic) bond motifs is 1. The lowest BCUT2D eigenvalue weighted by Gasteiger charge is -2.12. The molecule has 3 N–H and O–H groups in total. The molecule has 0 radical (unpaired) electrons. The van der Waals surface area contributed by atoms with Gasteiger partial charge in [0.2, 0.25) is 0 Å². The number of anilines is 1. The molecule has 0 spiro atoms. The van der Waals surface area contributed by atoms with Crippen molar-refractivity contribution in [2.75, 3.05) is 5.32 Å². The predicted molar refractivity (Wildman–Crippen MR) is 104 cm³/mol. The number of amides is 1. The van der Waals surface area contributed by atoms with E-state index in [2.05, 4.69) is 5.32 Å². The maximum Gasteiger partial charge on any atom is 0.335 e. The lowest BCUT2D eigenvalue weighted by molar-refractivity contribution is -0.131.